The fraction of sp³-hybridized carbons (Fsp3) is 0.529. The zero-order chi connectivity index (χ0) is 16.7. The topological polar surface area (TPSA) is 74.2 Å². The van der Waals surface area contributed by atoms with Gasteiger partial charge in [0, 0.05) is 24.9 Å². The smallest absolute Gasteiger partial charge is 0.238 e. The van der Waals surface area contributed by atoms with Crippen LogP contribution in [0.25, 0.3) is 0 Å². The molecule has 1 aliphatic carbocycles. The lowest BCUT2D eigenvalue weighted by molar-refractivity contribution is -0.115. The van der Waals surface area contributed by atoms with Crippen molar-refractivity contribution in [3.8, 4) is 6.07 Å². The lowest BCUT2D eigenvalue weighted by atomic mass is 9.93. The first-order valence-corrected chi connectivity index (χ1v) is 8.20. The van der Waals surface area contributed by atoms with Gasteiger partial charge in [-0.15, -0.1) is 0 Å². The van der Waals surface area contributed by atoms with Gasteiger partial charge in [0.1, 0.15) is 6.07 Å². The van der Waals surface area contributed by atoms with E-state index in [0.717, 1.165) is 19.3 Å². The predicted octanol–water partition coefficient (Wildman–Crippen LogP) is 3.09. The molecule has 23 heavy (non-hydrogen) atoms. The summed E-state index contributed by atoms with van der Waals surface area (Å²) in [4.78, 5) is 12.1. The molecule has 0 unspecified atom stereocenters. The minimum absolute atomic E-state index is 0.00958. The van der Waals surface area contributed by atoms with E-state index in [2.05, 4.69) is 10.6 Å². The first-order valence-electron chi connectivity index (χ1n) is 7.82. The van der Waals surface area contributed by atoms with Gasteiger partial charge < -0.3 is 15.4 Å². The monoisotopic (exact) mass is 335 g/mol. The SMILES string of the molecule is COCCC1(NCC(=O)Nc2ccc(C#N)c(Cl)c2)CCCC1. The normalized spacial score (nSPS) is 16.0. The second-order valence-electron chi connectivity index (χ2n) is 5.94. The third-order valence-corrected chi connectivity index (χ3v) is 4.66. The number of nitrogens with one attached hydrogen (secondary N) is 2. The van der Waals surface area contributed by atoms with Gasteiger partial charge in [-0.2, -0.15) is 5.26 Å². The zero-order valence-corrected chi connectivity index (χ0v) is 14.1. The molecule has 1 fully saturated rings. The Labute approximate surface area is 142 Å². The molecule has 1 aromatic carbocycles. The number of ether oxygens (including phenoxy) is 1. The fourth-order valence-electron chi connectivity index (χ4n) is 3.02. The zero-order valence-electron chi connectivity index (χ0n) is 13.3. The third kappa shape index (κ3) is 4.93. The minimum atomic E-state index is -0.116. The second-order valence-corrected chi connectivity index (χ2v) is 6.35. The van der Waals surface area contributed by atoms with Gasteiger partial charge in [0.2, 0.25) is 5.91 Å². The van der Waals surface area contributed by atoms with Gasteiger partial charge >= 0.3 is 0 Å². The number of carbonyl (C=O) groups is 1. The molecule has 1 amide bonds. The van der Waals surface area contributed by atoms with E-state index in [1.165, 1.54) is 12.8 Å². The molecule has 0 heterocycles. The predicted molar refractivity (Wildman–Crippen MR) is 90.5 cm³/mol. The molecule has 0 aliphatic heterocycles. The molecule has 0 atom stereocenters. The van der Waals surface area contributed by atoms with Crippen molar-refractivity contribution in [2.75, 3.05) is 25.6 Å². The Balaban J connectivity index is 1.89. The van der Waals surface area contributed by atoms with Crippen LogP contribution in [0, 0.1) is 11.3 Å². The maximum Gasteiger partial charge on any atom is 0.238 e. The average molecular weight is 336 g/mol. The van der Waals surface area contributed by atoms with Crippen LogP contribution in [0.2, 0.25) is 5.02 Å². The molecule has 5 nitrogen and oxygen atoms in total. The number of hydrogen-bond donors (Lipinski definition) is 2. The summed E-state index contributed by atoms with van der Waals surface area (Å²) in [5, 5.41) is 15.4. The lowest BCUT2D eigenvalue weighted by Crippen LogP contribution is -2.47. The van der Waals surface area contributed by atoms with Crippen LogP contribution in [-0.2, 0) is 9.53 Å². The van der Waals surface area contributed by atoms with Crippen LogP contribution in [0.3, 0.4) is 0 Å². The summed E-state index contributed by atoms with van der Waals surface area (Å²) in [7, 11) is 1.70. The second kappa shape index (κ2) is 8.30. The molecule has 1 aliphatic rings. The van der Waals surface area contributed by atoms with Crippen LogP contribution in [0.5, 0.6) is 0 Å². The van der Waals surface area contributed by atoms with E-state index in [4.69, 9.17) is 21.6 Å². The summed E-state index contributed by atoms with van der Waals surface area (Å²) < 4.78 is 5.18. The number of halogens is 1. The summed E-state index contributed by atoms with van der Waals surface area (Å²) in [6.45, 7) is 0.946. The molecular weight excluding hydrogens is 314 g/mol. The molecule has 1 aromatic rings. The third-order valence-electron chi connectivity index (χ3n) is 4.34. The highest BCUT2D eigenvalue weighted by atomic mass is 35.5. The molecule has 2 rings (SSSR count). The van der Waals surface area contributed by atoms with Gasteiger partial charge in [0.05, 0.1) is 17.1 Å². The molecule has 0 bridgehead atoms. The van der Waals surface area contributed by atoms with E-state index < -0.39 is 0 Å². The molecule has 1 saturated carbocycles. The van der Waals surface area contributed by atoms with Gasteiger partial charge in [0.25, 0.3) is 0 Å². The molecule has 6 heteroatoms. The molecule has 0 spiro atoms. The van der Waals surface area contributed by atoms with Crippen LogP contribution in [0.4, 0.5) is 5.69 Å². The van der Waals surface area contributed by atoms with Crippen molar-refractivity contribution in [1.82, 2.24) is 5.32 Å². The lowest BCUT2D eigenvalue weighted by Gasteiger charge is -2.30. The standard InChI is InChI=1S/C17H22ClN3O2/c1-23-9-8-17(6-2-3-7-17)20-12-16(22)21-14-5-4-13(11-19)15(18)10-14/h4-5,10,20H,2-3,6-9,12H2,1H3,(H,21,22). The van der Waals surface area contributed by atoms with Gasteiger partial charge in [-0.3, -0.25) is 4.79 Å². The Morgan fingerprint density at radius 2 is 2.17 bits per heavy atom. The molecule has 0 aromatic heterocycles. The summed E-state index contributed by atoms with van der Waals surface area (Å²) in [6.07, 6.45) is 5.44. The van der Waals surface area contributed by atoms with Crippen molar-refractivity contribution >= 4 is 23.2 Å². The number of carbonyl (C=O) groups excluding carboxylic acids is 1. The van der Waals surface area contributed by atoms with Crippen molar-refractivity contribution in [2.45, 2.75) is 37.6 Å². The van der Waals surface area contributed by atoms with Crippen molar-refractivity contribution in [1.29, 1.82) is 5.26 Å². The summed E-state index contributed by atoms with van der Waals surface area (Å²) in [6, 6.07) is 6.86. The summed E-state index contributed by atoms with van der Waals surface area (Å²) in [5.41, 5.74) is 1.00. The van der Waals surface area contributed by atoms with Crippen LogP contribution < -0.4 is 10.6 Å². The van der Waals surface area contributed by atoms with E-state index in [1.807, 2.05) is 6.07 Å². The minimum Gasteiger partial charge on any atom is -0.385 e. The Morgan fingerprint density at radius 1 is 1.43 bits per heavy atom. The van der Waals surface area contributed by atoms with Crippen molar-refractivity contribution in [3.05, 3.63) is 28.8 Å². The highest BCUT2D eigenvalue weighted by Gasteiger charge is 2.33. The van der Waals surface area contributed by atoms with Crippen molar-refractivity contribution in [3.63, 3.8) is 0 Å². The maximum absolute atomic E-state index is 12.1. The van der Waals surface area contributed by atoms with Crippen LogP contribution >= 0.6 is 11.6 Å². The Kier molecular flexibility index (Phi) is 6.40. The Hall–Kier alpha value is -1.61. The number of nitrogens with zero attached hydrogens (tertiary/aromatic N) is 1. The number of rotatable bonds is 7. The Morgan fingerprint density at radius 3 is 2.78 bits per heavy atom. The number of nitriles is 1. The maximum atomic E-state index is 12.1. The van der Waals surface area contributed by atoms with E-state index in [9.17, 15) is 4.79 Å². The average Bonchev–Trinajstić information content (AvgIpc) is 3.01. The van der Waals surface area contributed by atoms with E-state index in [0.29, 0.717) is 22.9 Å². The van der Waals surface area contributed by atoms with Gasteiger partial charge in [-0.25, -0.2) is 0 Å². The fourth-order valence-corrected chi connectivity index (χ4v) is 3.24. The van der Waals surface area contributed by atoms with Crippen LogP contribution in [-0.4, -0.2) is 31.7 Å². The number of amides is 1. The summed E-state index contributed by atoms with van der Waals surface area (Å²) in [5.74, 6) is -0.116. The highest BCUT2D eigenvalue weighted by Crippen LogP contribution is 2.32. The Bertz CT molecular complexity index is 592. The summed E-state index contributed by atoms with van der Waals surface area (Å²) >= 11 is 5.97. The van der Waals surface area contributed by atoms with E-state index in [1.54, 1.807) is 25.3 Å². The number of hydrogen-bond acceptors (Lipinski definition) is 4. The molecule has 124 valence electrons. The van der Waals surface area contributed by atoms with E-state index >= 15 is 0 Å². The van der Waals surface area contributed by atoms with E-state index in [-0.39, 0.29) is 18.0 Å². The molecule has 0 saturated heterocycles. The molecule has 2 N–H and O–H groups in total. The van der Waals surface area contributed by atoms with Crippen molar-refractivity contribution in [2.24, 2.45) is 0 Å². The quantitative estimate of drug-likeness (QED) is 0.803. The highest BCUT2D eigenvalue weighted by molar-refractivity contribution is 6.32. The number of benzene rings is 1. The van der Waals surface area contributed by atoms with Crippen LogP contribution in [0.15, 0.2) is 18.2 Å². The van der Waals surface area contributed by atoms with Crippen LogP contribution in [0.1, 0.15) is 37.7 Å². The van der Waals surface area contributed by atoms with Crippen molar-refractivity contribution < 1.29 is 9.53 Å². The molecular formula is C17H22ClN3O2. The van der Waals surface area contributed by atoms with Gasteiger partial charge in [-0.05, 0) is 37.5 Å². The van der Waals surface area contributed by atoms with Gasteiger partial charge in [-0.1, -0.05) is 24.4 Å². The largest absolute Gasteiger partial charge is 0.385 e. The number of methoxy groups -OCH3 is 1. The first-order chi connectivity index (χ1) is 11.1. The number of anilines is 1. The van der Waals surface area contributed by atoms with Gasteiger partial charge in [0.15, 0.2) is 0 Å². The molecule has 0 radical (unpaired) electrons. The first kappa shape index (κ1) is 17.7.